The Kier molecular flexibility index (Phi) is 71.6. The average molecular weight is 1460 g/mol. The molecule has 0 spiro atoms. The smallest absolute Gasteiger partial charge is 0.462 e. The Balaban J connectivity index is 5.30. The van der Waals surface area contributed by atoms with Gasteiger partial charge in [0.25, 0.3) is 0 Å². The first kappa shape index (κ1) is 97.5. The molecule has 3 N–H and O–H groups in total. The van der Waals surface area contributed by atoms with E-state index in [9.17, 15) is 43.2 Å². The van der Waals surface area contributed by atoms with Crippen LogP contribution < -0.4 is 0 Å². The van der Waals surface area contributed by atoms with Crippen molar-refractivity contribution in [3.63, 3.8) is 0 Å². The van der Waals surface area contributed by atoms with E-state index in [4.69, 9.17) is 37.0 Å². The van der Waals surface area contributed by atoms with E-state index in [1.165, 1.54) is 212 Å². The van der Waals surface area contributed by atoms with Crippen LogP contribution in [-0.4, -0.2) is 96.7 Å². The van der Waals surface area contributed by atoms with Crippen molar-refractivity contribution in [3.05, 3.63) is 24.3 Å². The van der Waals surface area contributed by atoms with Gasteiger partial charge >= 0.3 is 39.5 Å². The standard InChI is InChI=1S/C81H154O17P2/c1-6-9-12-15-18-21-24-27-30-31-32-34-37-40-47-52-57-62-67-81(86)97-76(70-91-78(83)64-59-54-49-44-38-36-33-28-25-22-19-16-13-10-7-2)72-95-99(87,88)93-68-75(82)69-94-100(89,90)96-73-77(71-92-79(84)65-60-55-50-45-42-41-43-48-53-58-63-74(4)5)98-80(85)66-61-56-51-46-39-35-29-26-23-20-17-14-11-8-3/h22,25,28,33,74-77,82H,6-21,23-24,26-27,29-32,34-73H2,1-5H3,(H,87,88)(H,89,90)/b25-22-,33-28-/t75-,76-,77-/m1/s1. The molecule has 0 rings (SSSR count). The van der Waals surface area contributed by atoms with Crippen LogP contribution >= 0.6 is 15.6 Å². The molecular formula is C81H154O17P2. The predicted molar refractivity (Wildman–Crippen MR) is 409 cm³/mol. The summed E-state index contributed by atoms with van der Waals surface area (Å²) in [5, 5.41) is 10.6. The second-order valence-corrected chi connectivity index (χ2v) is 31.9. The summed E-state index contributed by atoms with van der Waals surface area (Å²) < 4.78 is 68.7. The van der Waals surface area contributed by atoms with Crippen LogP contribution in [0.25, 0.3) is 0 Å². The highest BCUT2D eigenvalue weighted by molar-refractivity contribution is 7.47. The minimum Gasteiger partial charge on any atom is -0.462 e. The number of carbonyl (C=O) groups excluding carboxylic acids is 4. The fourth-order valence-electron chi connectivity index (χ4n) is 12.0. The zero-order valence-corrected chi connectivity index (χ0v) is 66.6. The monoisotopic (exact) mass is 1460 g/mol. The third kappa shape index (κ3) is 73.8. The van der Waals surface area contributed by atoms with Crippen LogP contribution in [0.2, 0.25) is 0 Å². The maximum Gasteiger partial charge on any atom is 0.472 e. The molecule has 0 aliphatic carbocycles. The summed E-state index contributed by atoms with van der Waals surface area (Å²) in [6.45, 7) is 7.26. The highest BCUT2D eigenvalue weighted by Gasteiger charge is 2.30. The number of hydrogen-bond donors (Lipinski definition) is 3. The Labute approximate surface area is 612 Å². The number of esters is 4. The fraction of sp³-hybridized carbons (Fsp3) is 0.901. The molecule has 0 heterocycles. The van der Waals surface area contributed by atoms with Gasteiger partial charge in [-0.15, -0.1) is 0 Å². The van der Waals surface area contributed by atoms with Crippen molar-refractivity contribution in [2.24, 2.45) is 5.92 Å². The summed E-state index contributed by atoms with van der Waals surface area (Å²) in [4.78, 5) is 73.0. The van der Waals surface area contributed by atoms with Crippen LogP contribution in [0.3, 0.4) is 0 Å². The predicted octanol–water partition coefficient (Wildman–Crippen LogP) is 24.0. The molecule has 17 nitrogen and oxygen atoms in total. The van der Waals surface area contributed by atoms with Crippen molar-refractivity contribution < 1.29 is 80.2 Å². The number of unbranched alkanes of at least 4 members (excludes halogenated alkanes) is 48. The van der Waals surface area contributed by atoms with E-state index < -0.39 is 97.5 Å². The maximum absolute atomic E-state index is 13.1. The molecule has 0 aromatic carbocycles. The summed E-state index contributed by atoms with van der Waals surface area (Å²) >= 11 is 0. The zero-order valence-electron chi connectivity index (χ0n) is 64.8. The minimum absolute atomic E-state index is 0.102. The molecule has 0 aromatic heterocycles. The first-order valence-corrected chi connectivity index (χ1v) is 44.4. The number of allylic oxidation sites excluding steroid dienone is 4. The molecule has 0 saturated heterocycles. The Morgan fingerprint density at radius 1 is 0.310 bits per heavy atom. The van der Waals surface area contributed by atoms with Gasteiger partial charge in [-0.2, -0.15) is 0 Å². The average Bonchev–Trinajstić information content (AvgIpc) is 0.960. The van der Waals surface area contributed by atoms with Crippen molar-refractivity contribution in [2.45, 2.75) is 425 Å². The van der Waals surface area contributed by atoms with Crippen molar-refractivity contribution in [1.82, 2.24) is 0 Å². The van der Waals surface area contributed by atoms with Crippen LogP contribution in [-0.2, 0) is 65.4 Å². The lowest BCUT2D eigenvalue weighted by atomic mass is 10.0. The number of aliphatic hydroxyl groups is 1. The SMILES string of the molecule is CCCCCC/C=C\C=C/CCCCCCCC(=O)OC[C@H](COP(=O)(O)OC[C@@H](O)COP(=O)(O)OC[C@@H](COC(=O)CCCCCCCCCCCCC(C)C)OC(=O)CCCCCCCCCCCCCCCC)OC(=O)CCCCCCCCCCCCCCCCCCCC. The summed E-state index contributed by atoms with van der Waals surface area (Å²) in [5.41, 5.74) is 0. The molecule has 0 radical (unpaired) electrons. The van der Waals surface area contributed by atoms with E-state index in [1.807, 2.05) is 0 Å². The molecule has 0 amide bonds. The molecule has 0 bridgehead atoms. The van der Waals surface area contributed by atoms with Gasteiger partial charge in [0.05, 0.1) is 26.4 Å². The lowest BCUT2D eigenvalue weighted by molar-refractivity contribution is -0.161. The van der Waals surface area contributed by atoms with Gasteiger partial charge in [-0.05, 0) is 57.3 Å². The Morgan fingerprint density at radius 2 is 0.540 bits per heavy atom. The summed E-state index contributed by atoms with van der Waals surface area (Å²) in [5.74, 6) is -1.38. The lowest BCUT2D eigenvalue weighted by Crippen LogP contribution is -2.30. The first-order valence-electron chi connectivity index (χ1n) is 41.5. The van der Waals surface area contributed by atoms with Crippen LogP contribution in [0, 0.1) is 5.92 Å². The van der Waals surface area contributed by atoms with Gasteiger partial charge in [0.1, 0.15) is 19.3 Å². The van der Waals surface area contributed by atoms with Crippen molar-refractivity contribution in [3.8, 4) is 0 Å². The molecule has 0 saturated carbocycles. The van der Waals surface area contributed by atoms with E-state index in [-0.39, 0.29) is 25.7 Å². The zero-order chi connectivity index (χ0) is 73.4. The molecule has 0 aliphatic heterocycles. The number of hydrogen-bond acceptors (Lipinski definition) is 15. The normalized spacial score (nSPS) is 14.0. The van der Waals surface area contributed by atoms with E-state index in [1.54, 1.807) is 0 Å². The molecule has 0 aliphatic rings. The first-order chi connectivity index (χ1) is 48.5. The highest BCUT2D eigenvalue weighted by atomic mass is 31.2. The second kappa shape index (κ2) is 73.4. The van der Waals surface area contributed by atoms with E-state index in [0.717, 1.165) is 115 Å². The minimum atomic E-state index is -4.97. The summed E-state index contributed by atoms with van der Waals surface area (Å²) in [6.07, 6.45) is 67.3. The lowest BCUT2D eigenvalue weighted by Gasteiger charge is -2.21. The van der Waals surface area contributed by atoms with Gasteiger partial charge in [-0.25, -0.2) is 9.13 Å². The van der Waals surface area contributed by atoms with E-state index in [2.05, 4.69) is 58.9 Å². The fourth-order valence-corrected chi connectivity index (χ4v) is 13.6. The molecule has 0 fully saturated rings. The molecule has 2 unspecified atom stereocenters. The van der Waals surface area contributed by atoms with Gasteiger partial charge in [0, 0.05) is 25.7 Å². The van der Waals surface area contributed by atoms with Crippen LogP contribution in [0.4, 0.5) is 0 Å². The quantitative estimate of drug-likeness (QED) is 0.0169. The van der Waals surface area contributed by atoms with Gasteiger partial charge in [-0.3, -0.25) is 37.3 Å². The topological polar surface area (TPSA) is 237 Å². The van der Waals surface area contributed by atoms with Gasteiger partial charge in [0.15, 0.2) is 12.2 Å². The maximum atomic E-state index is 13.1. The number of ether oxygens (including phenoxy) is 4. The van der Waals surface area contributed by atoms with Crippen molar-refractivity contribution in [1.29, 1.82) is 0 Å². The van der Waals surface area contributed by atoms with Crippen LogP contribution in [0.15, 0.2) is 24.3 Å². The molecule has 100 heavy (non-hydrogen) atoms. The Bertz CT molecular complexity index is 2000. The van der Waals surface area contributed by atoms with Crippen molar-refractivity contribution in [2.75, 3.05) is 39.6 Å². The number of phosphoric acid groups is 2. The summed E-state index contributed by atoms with van der Waals surface area (Å²) in [6, 6.07) is 0. The molecular weight excluding hydrogens is 1310 g/mol. The molecule has 5 atom stereocenters. The molecule has 19 heteroatoms. The highest BCUT2D eigenvalue weighted by Crippen LogP contribution is 2.45. The molecule has 590 valence electrons. The summed E-state index contributed by atoms with van der Waals surface area (Å²) in [7, 11) is -9.93. The van der Waals surface area contributed by atoms with Crippen LogP contribution in [0.1, 0.15) is 407 Å². The third-order valence-corrected chi connectivity index (χ3v) is 20.3. The van der Waals surface area contributed by atoms with Gasteiger partial charge in [0.2, 0.25) is 0 Å². The van der Waals surface area contributed by atoms with Crippen LogP contribution in [0.5, 0.6) is 0 Å². The largest absolute Gasteiger partial charge is 0.472 e. The van der Waals surface area contributed by atoms with Crippen molar-refractivity contribution >= 4 is 39.5 Å². The van der Waals surface area contributed by atoms with Gasteiger partial charge in [-0.1, -0.05) is 354 Å². The van der Waals surface area contributed by atoms with E-state index >= 15 is 0 Å². The number of aliphatic hydroxyl groups excluding tert-OH is 1. The Hall–Kier alpha value is -2.46. The number of carbonyl (C=O) groups is 4. The Morgan fingerprint density at radius 3 is 0.820 bits per heavy atom. The molecule has 0 aromatic rings. The second-order valence-electron chi connectivity index (χ2n) is 29.0. The number of rotatable bonds is 79. The third-order valence-electron chi connectivity index (χ3n) is 18.4. The van der Waals surface area contributed by atoms with Gasteiger partial charge < -0.3 is 33.8 Å². The van der Waals surface area contributed by atoms with E-state index in [0.29, 0.717) is 25.7 Å². The number of phosphoric ester groups is 2.